The third-order valence-electron chi connectivity index (χ3n) is 15.6. The molecule has 0 radical (unpaired) electrons. The maximum absolute atomic E-state index is 14.3. The Bertz CT molecular complexity index is 1670. The van der Waals surface area contributed by atoms with Crippen LogP contribution in [-0.2, 0) is 17.9 Å². The van der Waals surface area contributed by atoms with Gasteiger partial charge in [-0.25, -0.2) is 4.79 Å². The summed E-state index contributed by atoms with van der Waals surface area (Å²) in [6, 6.07) is 12.7. The van der Waals surface area contributed by atoms with Crippen molar-refractivity contribution in [1.82, 2.24) is 10.6 Å². The van der Waals surface area contributed by atoms with E-state index in [-0.39, 0.29) is 39.7 Å². The summed E-state index contributed by atoms with van der Waals surface area (Å²) in [5, 5.41) is 26.7. The van der Waals surface area contributed by atoms with E-state index in [4.69, 9.17) is 0 Å². The number of fused-ring (bicyclic) bond motifs is 7. The van der Waals surface area contributed by atoms with Crippen LogP contribution in [0, 0.1) is 58.2 Å². The maximum Gasteiger partial charge on any atom is 0.335 e. The van der Waals surface area contributed by atoms with Gasteiger partial charge < -0.3 is 20.8 Å². The van der Waals surface area contributed by atoms with Crippen LogP contribution in [0.4, 0.5) is 0 Å². The van der Waals surface area contributed by atoms with Gasteiger partial charge in [0.25, 0.3) is 5.91 Å². The summed E-state index contributed by atoms with van der Waals surface area (Å²) in [6.45, 7) is 12.3. The number of aliphatic hydroxyl groups excluding tert-OH is 1. The molecule has 270 valence electrons. The van der Waals surface area contributed by atoms with E-state index < -0.39 is 5.97 Å². The summed E-state index contributed by atoms with van der Waals surface area (Å²) < 4.78 is 0. The van der Waals surface area contributed by atoms with Gasteiger partial charge in [0.15, 0.2) is 0 Å². The highest BCUT2D eigenvalue weighted by Gasteiger charge is 2.67. The number of benzene rings is 2. The topological polar surface area (TPSA) is 116 Å². The maximum atomic E-state index is 14.3. The van der Waals surface area contributed by atoms with Crippen LogP contribution in [0.1, 0.15) is 136 Å². The van der Waals surface area contributed by atoms with Crippen molar-refractivity contribution >= 4 is 17.8 Å². The highest BCUT2D eigenvalue weighted by Crippen LogP contribution is 2.73. The van der Waals surface area contributed by atoms with Gasteiger partial charge in [0.05, 0.1) is 17.1 Å². The van der Waals surface area contributed by atoms with Crippen LogP contribution in [0.15, 0.2) is 42.5 Å². The van der Waals surface area contributed by atoms with Crippen LogP contribution in [-0.4, -0.2) is 34.1 Å². The first-order valence-electron chi connectivity index (χ1n) is 19.4. The fourth-order valence-electron chi connectivity index (χ4n) is 13.1. The van der Waals surface area contributed by atoms with Gasteiger partial charge in [0.1, 0.15) is 0 Å². The molecule has 0 aromatic heterocycles. The number of hydrogen-bond acceptors (Lipinski definition) is 4. The van der Waals surface area contributed by atoms with E-state index in [9.17, 15) is 24.6 Å². The molecular weight excluding hydrogens is 624 g/mol. The molecule has 2 amide bonds. The highest BCUT2D eigenvalue weighted by atomic mass is 16.4. The minimum Gasteiger partial charge on any atom is -0.478 e. The molecular formula is C43H58N2O5. The van der Waals surface area contributed by atoms with Crippen LogP contribution in [0.25, 0.3) is 0 Å². The molecule has 9 atom stereocenters. The van der Waals surface area contributed by atoms with Crippen molar-refractivity contribution in [1.29, 1.82) is 0 Å². The third-order valence-corrected chi connectivity index (χ3v) is 15.6. The predicted octanol–water partition coefficient (Wildman–Crippen LogP) is 8.07. The van der Waals surface area contributed by atoms with Crippen LogP contribution < -0.4 is 10.6 Å². The number of aliphatic hydroxyl groups is 1. The monoisotopic (exact) mass is 682 g/mol. The molecule has 50 heavy (non-hydrogen) atoms. The predicted molar refractivity (Wildman–Crippen MR) is 194 cm³/mol. The summed E-state index contributed by atoms with van der Waals surface area (Å²) in [5.41, 5.74) is 3.29. The lowest BCUT2D eigenvalue weighted by Crippen LogP contribution is -2.63. The molecule has 0 spiro atoms. The Morgan fingerprint density at radius 3 is 2.22 bits per heavy atom. The van der Waals surface area contributed by atoms with Crippen molar-refractivity contribution in [3.63, 3.8) is 0 Å². The van der Waals surface area contributed by atoms with Gasteiger partial charge >= 0.3 is 5.97 Å². The molecule has 5 saturated carbocycles. The zero-order valence-electron chi connectivity index (χ0n) is 30.8. The molecule has 0 heterocycles. The second kappa shape index (κ2) is 12.8. The van der Waals surface area contributed by atoms with Gasteiger partial charge in [-0.3, -0.25) is 9.59 Å². The third kappa shape index (κ3) is 5.61. The lowest BCUT2D eigenvalue weighted by molar-refractivity contribution is -0.214. The minimum absolute atomic E-state index is 0.0286. The summed E-state index contributed by atoms with van der Waals surface area (Å²) in [4.78, 5) is 38.6. The van der Waals surface area contributed by atoms with E-state index in [0.29, 0.717) is 59.2 Å². The zero-order valence-corrected chi connectivity index (χ0v) is 30.8. The fourth-order valence-corrected chi connectivity index (χ4v) is 13.1. The number of aromatic carboxylic acids is 1. The van der Waals surface area contributed by atoms with Gasteiger partial charge in [0, 0.05) is 18.7 Å². The standard InChI is InChI=1S/C43H58N2O5/c1-26-11-12-29(23-31(26)38(48)49)37(47)44-24-27-8-6-9-28(22-27)25-45-39(50)43-18-7-10-33(43)30-13-14-35-41(4,32(30)15-21-43)19-16-34-40(2,3)36(46)17-20-42(34,35)5/h6,8-9,11-12,22-23,30,32-36,46H,7,10,13-21,24-25H2,1-5H3,(H,44,47)(H,45,50)(H,48,49). The Balaban J connectivity index is 1.000. The van der Waals surface area contributed by atoms with Crippen molar-refractivity contribution in [3.8, 4) is 0 Å². The Morgan fingerprint density at radius 2 is 1.48 bits per heavy atom. The van der Waals surface area contributed by atoms with E-state index in [1.165, 1.54) is 38.2 Å². The van der Waals surface area contributed by atoms with E-state index in [2.05, 4.69) is 38.3 Å². The van der Waals surface area contributed by atoms with Crippen LogP contribution >= 0.6 is 0 Å². The average Bonchev–Trinajstić information content (AvgIpc) is 3.54. The molecule has 5 fully saturated rings. The second-order valence-corrected chi connectivity index (χ2v) is 18.1. The van der Waals surface area contributed by atoms with Gasteiger partial charge in [-0.1, -0.05) is 64.4 Å². The summed E-state index contributed by atoms with van der Waals surface area (Å²) >= 11 is 0. The molecule has 9 unspecified atom stereocenters. The number of nitrogens with one attached hydrogen (secondary N) is 2. The molecule has 5 aliphatic rings. The molecule has 7 heteroatoms. The molecule has 7 nitrogen and oxygen atoms in total. The smallest absolute Gasteiger partial charge is 0.335 e. The van der Waals surface area contributed by atoms with E-state index in [1.807, 2.05) is 24.3 Å². The normalized spacial score (nSPS) is 37.0. The molecule has 0 saturated heterocycles. The van der Waals surface area contributed by atoms with E-state index >= 15 is 0 Å². The molecule has 4 N–H and O–H groups in total. The van der Waals surface area contributed by atoms with E-state index in [1.54, 1.807) is 19.1 Å². The van der Waals surface area contributed by atoms with Gasteiger partial charge in [-0.05, 0) is 146 Å². The Morgan fingerprint density at radius 1 is 0.760 bits per heavy atom. The number of carbonyl (C=O) groups excluding carboxylic acids is 2. The van der Waals surface area contributed by atoms with Gasteiger partial charge in [-0.2, -0.15) is 0 Å². The van der Waals surface area contributed by atoms with E-state index in [0.717, 1.165) is 49.7 Å². The Hall–Kier alpha value is -3.19. The van der Waals surface area contributed by atoms with Crippen LogP contribution in [0.5, 0.6) is 0 Å². The largest absolute Gasteiger partial charge is 0.478 e. The first-order valence-corrected chi connectivity index (χ1v) is 19.4. The van der Waals surface area contributed by atoms with Crippen molar-refractivity contribution in [2.45, 2.75) is 124 Å². The number of aryl methyl sites for hydroxylation is 1. The minimum atomic E-state index is -1.05. The molecule has 0 aliphatic heterocycles. The highest BCUT2D eigenvalue weighted by molar-refractivity contribution is 5.98. The summed E-state index contributed by atoms with van der Waals surface area (Å²) in [5.74, 6) is 1.89. The van der Waals surface area contributed by atoms with Crippen molar-refractivity contribution in [2.24, 2.45) is 51.2 Å². The van der Waals surface area contributed by atoms with Crippen molar-refractivity contribution in [2.75, 3.05) is 0 Å². The van der Waals surface area contributed by atoms with Crippen LogP contribution in [0.3, 0.4) is 0 Å². The Kier molecular flexibility index (Phi) is 9.01. The molecule has 5 aliphatic carbocycles. The zero-order chi connectivity index (χ0) is 35.6. The molecule has 2 aromatic rings. The number of amides is 2. The summed E-state index contributed by atoms with van der Waals surface area (Å²) in [7, 11) is 0. The second-order valence-electron chi connectivity index (χ2n) is 18.1. The molecule has 0 bridgehead atoms. The lowest BCUT2D eigenvalue weighted by Gasteiger charge is -2.69. The lowest BCUT2D eigenvalue weighted by atomic mass is 9.36. The van der Waals surface area contributed by atoms with Crippen LogP contribution in [0.2, 0.25) is 0 Å². The fraction of sp³-hybridized carbons (Fsp3) is 0.651. The number of hydrogen-bond donors (Lipinski definition) is 4. The SMILES string of the molecule is Cc1ccc(C(=O)NCc2cccc(CNC(=O)C34CCCC3C3CCC5C(C)(CCC6C(C)(C)C(O)CCC65C)C3CC4)c2)cc1C(=O)O. The van der Waals surface area contributed by atoms with Crippen molar-refractivity contribution < 1.29 is 24.6 Å². The molecule has 2 aromatic carbocycles. The van der Waals surface area contributed by atoms with Crippen molar-refractivity contribution in [3.05, 3.63) is 70.3 Å². The number of rotatable bonds is 7. The number of carboxylic acids is 1. The number of carbonyl (C=O) groups is 3. The quantitative estimate of drug-likeness (QED) is 0.236. The number of carboxylic acid groups (broad SMARTS) is 1. The first kappa shape index (κ1) is 35.2. The molecule has 7 rings (SSSR count). The first-order chi connectivity index (χ1) is 23.7. The summed E-state index contributed by atoms with van der Waals surface area (Å²) in [6.07, 6.45) is 12.3. The Labute approximate surface area is 298 Å². The average molecular weight is 683 g/mol. The van der Waals surface area contributed by atoms with Gasteiger partial charge in [0.2, 0.25) is 5.91 Å². The van der Waals surface area contributed by atoms with Gasteiger partial charge in [-0.15, -0.1) is 0 Å².